The van der Waals surface area contributed by atoms with Crippen molar-refractivity contribution in [3.05, 3.63) is 29.8 Å². The van der Waals surface area contributed by atoms with Gasteiger partial charge in [-0.1, -0.05) is 17.7 Å². The first-order valence-electron chi connectivity index (χ1n) is 8.89. The molecule has 3 heterocycles. The molecule has 6 nitrogen and oxygen atoms in total. The highest BCUT2D eigenvalue weighted by atomic mass is 16.8. The molecule has 0 amide bonds. The second-order valence-corrected chi connectivity index (χ2v) is 7.96. The van der Waals surface area contributed by atoms with Crippen molar-refractivity contribution in [2.45, 2.75) is 76.8 Å². The lowest BCUT2D eigenvalue weighted by Gasteiger charge is -2.27. The van der Waals surface area contributed by atoms with Crippen LogP contribution in [0.5, 0.6) is 0 Å². The smallest absolute Gasteiger partial charge is 0.164 e. The molecule has 0 saturated carbocycles. The summed E-state index contributed by atoms with van der Waals surface area (Å²) in [6.45, 7) is 10.2. The van der Waals surface area contributed by atoms with Gasteiger partial charge >= 0.3 is 0 Å². The van der Waals surface area contributed by atoms with E-state index in [0.717, 1.165) is 5.69 Å². The summed E-state index contributed by atoms with van der Waals surface area (Å²) >= 11 is 0. The number of rotatable bonds is 3. The van der Waals surface area contributed by atoms with Gasteiger partial charge in [0.25, 0.3) is 0 Å². The Kier molecular flexibility index (Phi) is 4.09. The van der Waals surface area contributed by atoms with Crippen LogP contribution in [-0.4, -0.2) is 48.8 Å². The predicted octanol–water partition coefficient (Wildman–Crippen LogP) is 2.80. The Morgan fingerprint density at radius 1 is 0.880 bits per heavy atom. The van der Waals surface area contributed by atoms with Crippen molar-refractivity contribution in [1.29, 1.82) is 0 Å². The summed E-state index contributed by atoms with van der Waals surface area (Å²) in [7, 11) is 0. The number of nitrogens with one attached hydrogen (secondary N) is 1. The molecule has 138 valence electrons. The zero-order valence-corrected chi connectivity index (χ0v) is 15.4. The number of ether oxygens (including phenoxy) is 5. The van der Waals surface area contributed by atoms with Crippen molar-refractivity contribution in [3.8, 4) is 0 Å². The summed E-state index contributed by atoms with van der Waals surface area (Å²) in [6.07, 6.45) is -1.11. The van der Waals surface area contributed by atoms with Crippen molar-refractivity contribution in [2.24, 2.45) is 0 Å². The maximum absolute atomic E-state index is 6.27. The molecular formula is C19H27NO5. The van der Waals surface area contributed by atoms with Gasteiger partial charge in [0, 0.05) is 5.69 Å². The molecule has 1 aromatic rings. The number of fused-ring (bicyclic) bond motifs is 1. The summed E-state index contributed by atoms with van der Waals surface area (Å²) in [5.41, 5.74) is 2.21. The molecule has 3 aliphatic heterocycles. The lowest BCUT2D eigenvalue weighted by atomic mass is 10.1. The zero-order valence-electron chi connectivity index (χ0n) is 15.4. The van der Waals surface area contributed by atoms with Crippen LogP contribution < -0.4 is 5.32 Å². The number of hydrogen-bond acceptors (Lipinski definition) is 6. The molecule has 0 unspecified atom stereocenters. The summed E-state index contributed by atoms with van der Waals surface area (Å²) < 4.78 is 30.2. The first kappa shape index (κ1) is 17.2. The van der Waals surface area contributed by atoms with Gasteiger partial charge in [-0.05, 0) is 46.8 Å². The molecule has 25 heavy (non-hydrogen) atoms. The van der Waals surface area contributed by atoms with Gasteiger partial charge in [-0.25, -0.2) is 0 Å². The summed E-state index contributed by atoms with van der Waals surface area (Å²) in [4.78, 5) is 0. The van der Waals surface area contributed by atoms with Crippen LogP contribution in [0.25, 0.3) is 0 Å². The van der Waals surface area contributed by atoms with Crippen molar-refractivity contribution >= 4 is 5.69 Å². The van der Waals surface area contributed by atoms with Gasteiger partial charge < -0.3 is 29.0 Å². The molecule has 1 aromatic carbocycles. The van der Waals surface area contributed by atoms with E-state index < -0.39 is 11.6 Å². The Balaban J connectivity index is 1.53. The molecule has 0 aliphatic carbocycles. The van der Waals surface area contributed by atoms with E-state index in [2.05, 4.69) is 24.4 Å². The average molecular weight is 349 g/mol. The molecule has 5 atom stereocenters. The zero-order chi connectivity index (χ0) is 17.8. The molecule has 1 N–H and O–H groups in total. The van der Waals surface area contributed by atoms with Gasteiger partial charge in [0.2, 0.25) is 0 Å². The van der Waals surface area contributed by atoms with E-state index in [9.17, 15) is 0 Å². The Hall–Kier alpha value is -1.18. The molecule has 4 rings (SSSR count). The lowest BCUT2D eigenvalue weighted by Crippen LogP contribution is -2.40. The molecular weight excluding hydrogens is 322 g/mol. The van der Waals surface area contributed by atoms with E-state index >= 15 is 0 Å². The quantitative estimate of drug-likeness (QED) is 0.906. The first-order chi connectivity index (χ1) is 11.7. The van der Waals surface area contributed by atoms with Gasteiger partial charge in [-0.15, -0.1) is 0 Å². The number of anilines is 1. The monoisotopic (exact) mass is 349 g/mol. The Labute approximate surface area is 148 Å². The van der Waals surface area contributed by atoms with E-state index in [0.29, 0.717) is 6.61 Å². The van der Waals surface area contributed by atoms with Gasteiger partial charge in [-0.2, -0.15) is 0 Å². The van der Waals surface area contributed by atoms with Gasteiger partial charge in [0.15, 0.2) is 17.8 Å². The van der Waals surface area contributed by atoms with Crippen molar-refractivity contribution in [2.75, 3.05) is 11.9 Å². The van der Waals surface area contributed by atoms with E-state index in [-0.39, 0.29) is 30.6 Å². The summed E-state index contributed by atoms with van der Waals surface area (Å²) in [5, 5.41) is 3.43. The number of benzene rings is 1. The topological polar surface area (TPSA) is 58.2 Å². The number of aryl methyl sites for hydroxylation is 1. The molecule has 0 bridgehead atoms. The first-order valence-corrected chi connectivity index (χ1v) is 8.89. The Morgan fingerprint density at radius 2 is 1.56 bits per heavy atom. The van der Waals surface area contributed by atoms with Crippen LogP contribution in [-0.2, 0) is 23.7 Å². The normalized spacial score (nSPS) is 38.7. The molecule has 3 saturated heterocycles. The molecule has 0 spiro atoms. The van der Waals surface area contributed by atoms with Crippen molar-refractivity contribution in [3.63, 3.8) is 0 Å². The average Bonchev–Trinajstić information content (AvgIpc) is 3.13. The van der Waals surface area contributed by atoms with Crippen LogP contribution in [0.2, 0.25) is 0 Å². The lowest BCUT2D eigenvalue weighted by molar-refractivity contribution is -0.203. The van der Waals surface area contributed by atoms with Gasteiger partial charge in [-0.3, -0.25) is 0 Å². The van der Waals surface area contributed by atoms with Crippen LogP contribution in [0, 0.1) is 6.92 Å². The third-order valence-electron chi connectivity index (χ3n) is 4.85. The van der Waals surface area contributed by atoms with Crippen LogP contribution in [0.15, 0.2) is 24.3 Å². The molecule has 3 aliphatic rings. The van der Waals surface area contributed by atoms with Crippen LogP contribution in [0.1, 0.15) is 33.3 Å². The van der Waals surface area contributed by atoms with Crippen molar-refractivity contribution in [1.82, 2.24) is 0 Å². The number of hydrogen-bond donors (Lipinski definition) is 1. The fourth-order valence-corrected chi connectivity index (χ4v) is 3.74. The SMILES string of the molecule is Cc1ccc(N[C@H]2O[C@H]([C@H]3COC(C)(C)O3)[C@@H]3OC(C)(C)O[C@@H]32)cc1. The van der Waals surface area contributed by atoms with Crippen molar-refractivity contribution < 1.29 is 23.7 Å². The fraction of sp³-hybridized carbons (Fsp3) is 0.684. The highest BCUT2D eigenvalue weighted by molar-refractivity contribution is 5.45. The Bertz CT molecular complexity index is 629. The third-order valence-corrected chi connectivity index (χ3v) is 4.85. The van der Waals surface area contributed by atoms with Crippen LogP contribution in [0.3, 0.4) is 0 Å². The van der Waals surface area contributed by atoms with E-state index in [1.807, 2.05) is 39.8 Å². The maximum Gasteiger partial charge on any atom is 0.164 e. The van der Waals surface area contributed by atoms with Crippen LogP contribution >= 0.6 is 0 Å². The molecule has 0 radical (unpaired) electrons. The van der Waals surface area contributed by atoms with E-state index in [1.54, 1.807) is 0 Å². The second kappa shape index (κ2) is 5.93. The predicted molar refractivity (Wildman–Crippen MR) is 92.2 cm³/mol. The molecule has 0 aromatic heterocycles. The summed E-state index contributed by atoms with van der Waals surface area (Å²) in [5.74, 6) is -1.24. The fourth-order valence-electron chi connectivity index (χ4n) is 3.74. The summed E-state index contributed by atoms with van der Waals surface area (Å²) in [6, 6.07) is 8.22. The standard InChI is InChI=1S/C19H27NO5/c1-11-6-8-12(9-7-11)20-17-16-15(24-19(4,5)25-16)14(22-17)13-10-21-18(2,3)23-13/h6-9,13-17,20H,10H2,1-5H3/t13-,14-,15+,16+,17+/m1/s1. The molecule has 6 heteroatoms. The maximum atomic E-state index is 6.27. The van der Waals surface area contributed by atoms with Gasteiger partial charge in [0.05, 0.1) is 6.61 Å². The third kappa shape index (κ3) is 3.41. The second-order valence-electron chi connectivity index (χ2n) is 7.96. The minimum Gasteiger partial charge on any atom is -0.358 e. The highest BCUT2D eigenvalue weighted by Crippen LogP contribution is 2.42. The van der Waals surface area contributed by atoms with Gasteiger partial charge in [0.1, 0.15) is 24.4 Å². The molecule has 3 fully saturated rings. The largest absolute Gasteiger partial charge is 0.358 e. The minimum absolute atomic E-state index is 0.176. The Morgan fingerprint density at radius 3 is 2.20 bits per heavy atom. The highest BCUT2D eigenvalue weighted by Gasteiger charge is 2.59. The minimum atomic E-state index is -0.639. The van der Waals surface area contributed by atoms with E-state index in [4.69, 9.17) is 23.7 Å². The van der Waals surface area contributed by atoms with Crippen LogP contribution in [0.4, 0.5) is 5.69 Å². The van der Waals surface area contributed by atoms with E-state index in [1.165, 1.54) is 5.56 Å².